The van der Waals surface area contributed by atoms with E-state index in [4.69, 9.17) is 0 Å². The SMILES string of the molecule is O=C1NC(=O)[C@H]2CC=C[C@H]2N1. The molecule has 0 aromatic heterocycles. The molecule has 2 N–H and O–H groups in total. The van der Waals surface area contributed by atoms with Crippen molar-refractivity contribution in [2.24, 2.45) is 5.92 Å². The molecule has 1 heterocycles. The van der Waals surface area contributed by atoms with Gasteiger partial charge in [0.05, 0.1) is 12.0 Å². The molecular formula is C7H8N2O2. The van der Waals surface area contributed by atoms with Crippen LogP contribution in [0.1, 0.15) is 6.42 Å². The first-order chi connectivity index (χ1) is 5.27. The Morgan fingerprint density at radius 1 is 1.45 bits per heavy atom. The Balaban J connectivity index is 2.20. The van der Waals surface area contributed by atoms with Gasteiger partial charge in [0.15, 0.2) is 0 Å². The lowest BCUT2D eigenvalue weighted by atomic mass is 10.0. The molecule has 2 atom stereocenters. The Labute approximate surface area is 63.7 Å². The smallest absolute Gasteiger partial charge is 0.321 e. The van der Waals surface area contributed by atoms with E-state index in [0.29, 0.717) is 0 Å². The van der Waals surface area contributed by atoms with Crippen LogP contribution >= 0.6 is 0 Å². The third-order valence-corrected chi connectivity index (χ3v) is 2.04. The van der Waals surface area contributed by atoms with E-state index in [-0.39, 0.29) is 23.9 Å². The van der Waals surface area contributed by atoms with Crippen LogP contribution in [0.5, 0.6) is 0 Å². The highest BCUT2D eigenvalue weighted by Crippen LogP contribution is 2.20. The largest absolute Gasteiger partial charge is 0.331 e. The van der Waals surface area contributed by atoms with Crippen LogP contribution in [0.15, 0.2) is 12.2 Å². The van der Waals surface area contributed by atoms with Gasteiger partial charge in [-0.2, -0.15) is 0 Å². The Bertz CT molecular complexity index is 247. The Morgan fingerprint density at radius 3 is 3.09 bits per heavy atom. The maximum atomic E-state index is 11.1. The van der Waals surface area contributed by atoms with Crippen LogP contribution < -0.4 is 10.6 Å². The highest BCUT2D eigenvalue weighted by atomic mass is 16.2. The van der Waals surface area contributed by atoms with Gasteiger partial charge in [-0.25, -0.2) is 4.79 Å². The van der Waals surface area contributed by atoms with Crippen LogP contribution in [0.2, 0.25) is 0 Å². The number of amides is 3. The standard InChI is InChI=1S/C7H8N2O2/c10-6-4-2-1-3-5(4)8-7(11)9-6/h1,3-5H,2H2,(H2,8,9,10,11)/t4-,5+/m0/s1. The summed E-state index contributed by atoms with van der Waals surface area (Å²) >= 11 is 0. The van der Waals surface area contributed by atoms with Gasteiger partial charge in [0, 0.05) is 0 Å². The quantitative estimate of drug-likeness (QED) is 0.471. The first kappa shape index (κ1) is 6.39. The lowest BCUT2D eigenvalue weighted by molar-refractivity contribution is -0.124. The zero-order valence-electron chi connectivity index (χ0n) is 5.83. The summed E-state index contributed by atoms with van der Waals surface area (Å²) in [6.07, 6.45) is 4.51. The Kier molecular flexibility index (Phi) is 1.21. The predicted molar refractivity (Wildman–Crippen MR) is 37.7 cm³/mol. The average Bonchev–Trinajstić information content (AvgIpc) is 2.34. The molecule has 0 unspecified atom stereocenters. The second-order valence-electron chi connectivity index (χ2n) is 2.76. The summed E-state index contributed by atoms with van der Waals surface area (Å²) in [7, 11) is 0. The summed E-state index contributed by atoms with van der Waals surface area (Å²) in [5.41, 5.74) is 0. The van der Waals surface area contributed by atoms with Gasteiger partial charge in [0.2, 0.25) is 5.91 Å². The summed E-state index contributed by atoms with van der Waals surface area (Å²) in [5.74, 6) is -0.239. The van der Waals surface area contributed by atoms with Crippen LogP contribution in [0.25, 0.3) is 0 Å². The monoisotopic (exact) mass is 152 g/mol. The molecule has 4 heteroatoms. The second kappa shape index (κ2) is 2.08. The van der Waals surface area contributed by atoms with Gasteiger partial charge in [-0.05, 0) is 6.42 Å². The van der Waals surface area contributed by atoms with Crippen molar-refractivity contribution in [3.8, 4) is 0 Å². The van der Waals surface area contributed by atoms with E-state index in [1.807, 2.05) is 12.2 Å². The summed E-state index contributed by atoms with van der Waals surface area (Å²) in [6, 6.07) is -0.459. The molecule has 2 aliphatic rings. The van der Waals surface area contributed by atoms with E-state index < -0.39 is 0 Å². The van der Waals surface area contributed by atoms with Crippen LogP contribution in [0.4, 0.5) is 4.79 Å². The molecular weight excluding hydrogens is 144 g/mol. The highest BCUT2D eigenvalue weighted by molar-refractivity contribution is 5.99. The second-order valence-corrected chi connectivity index (χ2v) is 2.76. The number of carbonyl (C=O) groups excluding carboxylic acids is 2. The first-order valence-corrected chi connectivity index (χ1v) is 3.55. The average molecular weight is 152 g/mol. The van der Waals surface area contributed by atoms with E-state index in [0.717, 1.165) is 6.42 Å². The van der Waals surface area contributed by atoms with Gasteiger partial charge >= 0.3 is 6.03 Å². The summed E-state index contributed by atoms with van der Waals surface area (Å²) in [5, 5.41) is 4.87. The molecule has 0 aromatic rings. The van der Waals surface area contributed by atoms with Gasteiger partial charge < -0.3 is 5.32 Å². The van der Waals surface area contributed by atoms with Gasteiger partial charge in [-0.1, -0.05) is 12.2 Å². The number of carbonyl (C=O) groups is 2. The molecule has 11 heavy (non-hydrogen) atoms. The van der Waals surface area contributed by atoms with E-state index >= 15 is 0 Å². The minimum Gasteiger partial charge on any atom is -0.331 e. The molecule has 0 aromatic carbocycles. The van der Waals surface area contributed by atoms with Gasteiger partial charge in [-0.15, -0.1) is 0 Å². The molecule has 0 radical (unpaired) electrons. The molecule has 1 aliphatic heterocycles. The third-order valence-electron chi connectivity index (χ3n) is 2.04. The van der Waals surface area contributed by atoms with E-state index in [1.165, 1.54) is 0 Å². The van der Waals surface area contributed by atoms with Crippen molar-refractivity contribution in [3.05, 3.63) is 12.2 Å². The fraction of sp³-hybridized carbons (Fsp3) is 0.429. The lowest BCUT2D eigenvalue weighted by Crippen LogP contribution is -2.56. The molecule has 3 amide bonds. The number of hydrogen-bond acceptors (Lipinski definition) is 2. The predicted octanol–water partition coefficient (Wildman–Crippen LogP) is -0.229. The maximum absolute atomic E-state index is 11.1. The number of rotatable bonds is 0. The summed E-state index contributed by atoms with van der Waals surface area (Å²) in [4.78, 5) is 21.8. The molecule has 1 aliphatic carbocycles. The van der Waals surface area contributed by atoms with Gasteiger partial charge in [-0.3, -0.25) is 10.1 Å². The molecule has 1 saturated heterocycles. The van der Waals surface area contributed by atoms with Crippen LogP contribution in [0, 0.1) is 5.92 Å². The van der Waals surface area contributed by atoms with Crippen molar-refractivity contribution in [3.63, 3.8) is 0 Å². The third kappa shape index (κ3) is 0.906. The zero-order valence-corrected chi connectivity index (χ0v) is 5.83. The minimum absolute atomic E-state index is 0.0729. The van der Waals surface area contributed by atoms with Crippen LogP contribution in [0.3, 0.4) is 0 Å². The van der Waals surface area contributed by atoms with Crippen molar-refractivity contribution >= 4 is 11.9 Å². The van der Waals surface area contributed by atoms with Crippen molar-refractivity contribution in [2.75, 3.05) is 0 Å². The van der Waals surface area contributed by atoms with Gasteiger partial charge in [0.1, 0.15) is 0 Å². The van der Waals surface area contributed by atoms with Crippen molar-refractivity contribution in [2.45, 2.75) is 12.5 Å². The number of imide groups is 1. The normalized spacial score (nSPS) is 34.5. The van der Waals surface area contributed by atoms with Crippen molar-refractivity contribution < 1.29 is 9.59 Å². The topological polar surface area (TPSA) is 58.2 Å². The summed E-state index contributed by atoms with van der Waals surface area (Å²) in [6.45, 7) is 0. The molecule has 58 valence electrons. The summed E-state index contributed by atoms with van der Waals surface area (Å²) < 4.78 is 0. The Morgan fingerprint density at radius 2 is 2.27 bits per heavy atom. The fourth-order valence-electron chi connectivity index (χ4n) is 1.46. The van der Waals surface area contributed by atoms with Gasteiger partial charge in [0.25, 0.3) is 0 Å². The van der Waals surface area contributed by atoms with E-state index in [9.17, 15) is 9.59 Å². The van der Waals surface area contributed by atoms with Crippen LogP contribution in [-0.4, -0.2) is 18.0 Å². The molecule has 0 bridgehead atoms. The number of fused-ring (bicyclic) bond motifs is 1. The number of hydrogen-bond donors (Lipinski definition) is 2. The highest BCUT2D eigenvalue weighted by Gasteiger charge is 2.35. The molecule has 4 nitrogen and oxygen atoms in total. The van der Waals surface area contributed by atoms with E-state index in [1.54, 1.807) is 0 Å². The maximum Gasteiger partial charge on any atom is 0.321 e. The van der Waals surface area contributed by atoms with Crippen molar-refractivity contribution in [1.82, 2.24) is 10.6 Å². The Hall–Kier alpha value is -1.32. The number of nitrogens with one attached hydrogen (secondary N) is 2. The first-order valence-electron chi connectivity index (χ1n) is 3.55. The zero-order chi connectivity index (χ0) is 7.84. The molecule has 0 spiro atoms. The molecule has 1 fully saturated rings. The van der Waals surface area contributed by atoms with Crippen molar-refractivity contribution in [1.29, 1.82) is 0 Å². The minimum atomic E-state index is -0.386. The number of urea groups is 1. The van der Waals surface area contributed by atoms with Crippen LogP contribution in [-0.2, 0) is 4.79 Å². The lowest BCUT2D eigenvalue weighted by Gasteiger charge is -2.24. The molecule has 0 saturated carbocycles. The van der Waals surface area contributed by atoms with E-state index in [2.05, 4.69) is 10.6 Å². The number of allylic oxidation sites excluding steroid dienone is 1. The fourth-order valence-corrected chi connectivity index (χ4v) is 1.46. The molecule has 2 rings (SSSR count).